The van der Waals surface area contributed by atoms with Gasteiger partial charge in [-0.05, 0) is 80.0 Å². The monoisotopic (exact) mass is 441 g/mol. The molecule has 1 aliphatic heterocycles. The Morgan fingerprint density at radius 3 is 2.74 bits per heavy atom. The fraction of sp³-hybridized carbons (Fsp3) is 0.375. The zero-order valence-corrected chi connectivity index (χ0v) is 18.4. The Hall–Kier alpha value is -2.80. The maximum Gasteiger partial charge on any atom is 0.303 e. The number of allylic oxidation sites excluding steroid dienone is 2. The zero-order chi connectivity index (χ0) is 22.0. The lowest BCUT2D eigenvalue weighted by Crippen LogP contribution is -2.43. The summed E-state index contributed by atoms with van der Waals surface area (Å²) >= 11 is 0. The predicted molar refractivity (Wildman–Crippen MR) is 120 cm³/mol. The van der Waals surface area contributed by atoms with Gasteiger partial charge in [-0.25, -0.2) is 8.42 Å². The first kappa shape index (κ1) is 21.4. The number of carboxylic acids is 1. The first-order chi connectivity index (χ1) is 14.8. The molecule has 1 aliphatic carbocycles. The lowest BCUT2D eigenvalue weighted by Gasteiger charge is -2.36. The van der Waals surface area contributed by atoms with Crippen molar-refractivity contribution in [1.82, 2.24) is 0 Å². The van der Waals surface area contributed by atoms with Gasteiger partial charge < -0.3 is 9.84 Å². The van der Waals surface area contributed by atoms with Gasteiger partial charge in [0, 0.05) is 6.42 Å². The first-order valence-corrected chi connectivity index (χ1v) is 12.1. The second-order valence-electron chi connectivity index (χ2n) is 8.18. The molecule has 7 heteroatoms. The summed E-state index contributed by atoms with van der Waals surface area (Å²) in [6.45, 7) is 1.94. The van der Waals surface area contributed by atoms with E-state index in [4.69, 9.17) is 9.84 Å². The summed E-state index contributed by atoms with van der Waals surface area (Å²) in [4.78, 5) is 11.3. The number of rotatable bonds is 6. The zero-order valence-electron chi connectivity index (χ0n) is 17.6. The van der Waals surface area contributed by atoms with Gasteiger partial charge >= 0.3 is 5.97 Å². The molecule has 0 bridgehead atoms. The largest absolute Gasteiger partial charge is 0.486 e. The van der Waals surface area contributed by atoms with Gasteiger partial charge in [0.1, 0.15) is 11.9 Å². The van der Waals surface area contributed by atoms with Crippen LogP contribution >= 0.6 is 0 Å². The first-order valence-electron chi connectivity index (χ1n) is 10.7. The van der Waals surface area contributed by atoms with E-state index < -0.39 is 22.1 Å². The van der Waals surface area contributed by atoms with Crippen LogP contribution in [0.2, 0.25) is 0 Å². The number of nitrogens with zero attached hydrogens (tertiary/aromatic N) is 1. The third-order valence-corrected chi connectivity index (χ3v) is 7.59. The standard InChI is InChI=1S/C24H27NO5S/c1-17-6-5-9-21(14-17)31(28,29)25-16-20(11-13-24(26)27)30-23-12-10-19(15-22(23)25)18-7-3-2-4-8-18/h5-7,9-10,12,14-15,20H,2-4,8,11,13,16H2,1H3,(H,26,27)/t20-/m0/s1. The van der Waals surface area contributed by atoms with Gasteiger partial charge in [-0.3, -0.25) is 9.10 Å². The number of carboxylic acid groups (broad SMARTS) is 1. The highest BCUT2D eigenvalue weighted by Gasteiger charge is 2.35. The van der Waals surface area contributed by atoms with Gasteiger partial charge in [0.25, 0.3) is 10.0 Å². The van der Waals surface area contributed by atoms with Crippen LogP contribution in [0, 0.1) is 6.92 Å². The van der Waals surface area contributed by atoms with Gasteiger partial charge in [0.05, 0.1) is 17.1 Å². The van der Waals surface area contributed by atoms with Crippen molar-refractivity contribution in [3.05, 3.63) is 59.7 Å². The molecule has 1 atom stereocenters. The van der Waals surface area contributed by atoms with E-state index in [0.717, 1.165) is 30.4 Å². The van der Waals surface area contributed by atoms with Crippen molar-refractivity contribution in [2.45, 2.75) is 56.4 Å². The number of aryl methyl sites for hydroxylation is 1. The smallest absolute Gasteiger partial charge is 0.303 e. The summed E-state index contributed by atoms with van der Waals surface area (Å²) in [7, 11) is -3.83. The Balaban J connectivity index is 1.76. The highest BCUT2D eigenvalue weighted by molar-refractivity contribution is 7.92. The molecule has 2 aromatic rings. The van der Waals surface area contributed by atoms with E-state index in [2.05, 4.69) is 6.08 Å². The maximum atomic E-state index is 13.6. The van der Waals surface area contributed by atoms with E-state index in [1.807, 2.05) is 31.2 Å². The second kappa shape index (κ2) is 8.75. The quantitative estimate of drug-likeness (QED) is 0.698. The molecule has 0 fully saturated rings. The molecular weight excluding hydrogens is 414 g/mol. The Morgan fingerprint density at radius 2 is 2.03 bits per heavy atom. The number of carbonyl (C=O) groups is 1. The molecule has 6 nitrogen and oxygen atoms in total. The Bertz CT molecular complexity index is 1120. The van der Waals surface area contributed by atoms with Crippen molar-refractivity contribution in [2.24, 2.45) is 0 Å². The molecule has 164 valence electrons. The van der Waals surface area contributed by atoms with Gasteiger partial charge in [0.15, 0.2) is 0 Å². The summed E-state index contributed by atoms with van der Waals surface area (Å²) in [5, 5.41) is 9.06. The Kier molecular flexibility index (Phi) is 6.05. The minimum atomic E-state index is -3.83. The van der Waals surface area contributed by atoms with Gasteiger partial charge in [0.2, 0.25) is 0 Å². The molecule has 1 N–H and O–H groups in total. The van der Waals surface area contributed by atoms with E-state index in [0.29, 0.717) is 11.4 Å². The van der Waals surface area contributed by atoms with Crippen LogP contribution in [0.15, 0.2) is 53.4 Å². The Labute approximate surface area is 183 Å². The molecule has 2 aliphatic rings. The molecule has 0 unspecified atom stereocenters. The number of aliphatic carboxylic acids is 1. The summed E-state index contributed by atoms with van der Waals surface area (Å²) in [6, 6.07) is 12.5. The summed E-state index contributed by atoms with van der Waals surface area (Å²) in [5.41, 5.74) is 3.61. The molecule has 2 aromatic carbocycles. The fourth-order valence-electron chi connectivity index (χ4n) is 4.18. The van der Waals surface area contributed by atoms with Crippen molar-refractivity contribution in [1.29, 1.82) is 0 Å². The lowest BCUT2D eigenvalue weighted by atomic mass is 9.93. The van der Waals surface area contributed by atoms with Crippen LogP contribution in [0.25, 0.3) is 5.57 Å². The van der Waals surface area contributed by atoms with Crippen LogP contribution in [-0.4, -0.2) is 32.1 Å². The molecule has 0 saturated heterocycles. The number of hydrogen-bond donors (Lipinski definition) is 1. The molecule has 4 rings (SSSR count). The predicted octanol–water partition coefficient (Wildman–Crippen LogP) is 4.77. The van der Waals surface area contributed by atoms with E-state index in [-0.39, 0.29) is 24.3 Å². The number of ether oxygens (including phenoxy) is 1. The van der Waals surface area contributed by atoms with Crippen molar-refractivity contribution in [3.63, 3.8) is 0 Å². The van der Waals surface area contributed by atoms with Crippen LogP contribution in [-0.2, 0) is 14.8 Å². The second-order valence-corrected chi connectivity index (χ2v) is 10.0. The SMILES string of the molecule is Cc1cccc(S(=O)(=O)N2C[C@H](CCC(=O)O)Oc3ccc(C4=CCCCC4)cc32)c1. The third kappa shape index (κ3) is 4.61. The highest BCUT2D eigenvalue weighted by atomic mass is 32.2. The normalized spacial score (nSPS) is 18.7. The number of fused-ring (bicyclic) bond motifs is 1. The lowest BCUT2D eigenvalue weighted by molar-refractivity contribution is -0.137. The minimum absolute atomic E-state index is 0.0801. The number of benzene rings is 2. The van der Waals surface area contributed by atoms with E-state index >= 15 is 0 Å². The summed E-state index contributed by atoms with van der Waals surface area (Å²) in [6.07, 6.45) is 6.17. The van der Waals surface area contributed by atoms with E-state index in [1.54, 1.807) is 18.2 Å². The highest BCUT2D eigenvalue weighted by Crippen LogP contribution is 2.40. The average molecular weight is 442 g/mol. The van der Waals surface area contributed by atoms with E-state index in [9.17, 15) is 13.2 Å². The van der Waals surface area contributed by atoms with Crippen LogP contribution in [0.3, 0.4) is 0 Å². The van der Waals surface area contributed by atoms with Crippen LogP contribution in [0.1, 0.15) is 49.7 Å². The number of sulfonamides is 1. The van der Waals surface area contributed by atoms with Gasteiger partial charge in [-0.15, -0.1) is 0 Å². The average Bonchev–Trinajstić information content (AvgIpc) is 2.77. The fourth-order valence-corrected chi connectivity index (χ4v) is 5.78. The Morgan fingerprint density at radius 1 is 1.19 bits per heavy atom. The molecular formula is C24H27NO5S. The molecule has 1 heterocycles. The maximum absolute atomic E-state index is 13.6. The topological polar surface area (TPSA) is 83.9 Å². The van der Waals surface area contributed by atoms with E-state index in [1.165, 1.54) is 16.3 Å². The van der Waals surface area contributed by atoms with Crippen molar-refractivity contribution in [2.75, 3.05) is 10.8 Å². The third-order valence-electron chi connectivity index (χ3n) is 5.81. The molecule has 0 spiro atoms. The molecule has 0 saturated carbocycles. The van der Waals surface area contributed by atoms with Crippen molar-refractivity contribution < 1.29 is 23.1 Å². The number of anilines is 1. The van der Waals surface area contributed by atoms with Crippen LogP contribution in [0.5, 0.6) is 5.75 Å². The molecule has 0 amide bonds. The summed E-state index contributed by atoms with van der Waals surface area (Å²) < 4.78 is 34.6. The van der Waals surface area contributed by atoms with Crippen LogP contribution < -0.4 is 9.04 Å². The summed E-state index contributed by atoms with van der Waals surface area (Å²) in [5.74, 6) is -0.458. The molecule has 0 radical (unpaired) electrons. The van der Waals surface area contributed by atoms with Gasteiger partial charge in [-0.1, -0.05) is 24.3 Å². The van der Waals surface area contributed by atoms with Crippen molar-refractivity contribution in [3.8, 4) is 5.75 Å². The van der Waals surface area contributed by atoms with Crippen LogP contribution in [0.4, 0.5) is 5.69 Å². The van der Waals surface area contributed by atoms with Crippen molar-refractivity contribution >= 4 is 27.3 Å². The number of hydrogen-bond acceptors (Lipinski definition) is 4. The minimum Gasteiger partial charge on any atom is -0.486 e. The van der Waals surface area contributed by atoms with Gasteiger partial charge in [-0.2, -0.15) is 0 Å². The molecule has 31 heavy (non-hydrogen) atoms. The molecule has 0 aromatic heterocycles.